The Balaban J connectivity index is 1.33. The lowest BCUT2D eigenvalue weighted by Gasteiger charge is -2.11. The number of anilines is 1. The van der Waals surface area contributed by atoms with Gasteiger partial charge >= 0.3 is 0 Å². The summed E-state index contributed by atoms with van der Waals surface area (Å²) < 4.78 is 0. The Morgan fingerprint density at radius 1 is 1.06 bits per heavy atom. The summed E-state index contributed by atoms with van der Waals surface area (Å²) in [5.74, 6) is 0.177. The number of aromatic nitrogens is 1. The van der Waals surface area contributed by atoms with Crippen molar-refractivity contribution in [3.8, 4) is 5.75 Å². The smallest absolute Gasteiger partial charge is 0.245 e. The number of phenols is 1. The van der Waals surface area contributed by atoms with Crippen LogP contribution in [-0.2, 0) is 16.3 Å². The van der Waals surface area contributed by atoms with Crippen molar-refractivity contribution in [2.24, 2.45) is 5.16 Å². The predicted octanol–water partition coefficient (Wildman–Crippen LogP) is 7.30. The van der Waals surface area contributed by atoms with Gasteiger partial charge in [0.2, 0.25) is 6.40 Å². The molecule has 1 heterocycles. The van der Waals surface area contributed by atoms with Crippen molar-refractivity contribution in [2.45, 2.75) is 13.5 Å². The van der Waals surface area contributed by atoms with Gasteiger partial charge in [-0.25, -0.2) is 5.48 Å². The zero-order valence-corrected chi connectivity index (χ0v) is 19.0. The van der Waals surface area contributed by atoms with Crippen LogP contribution >= 0.6 is 23.2 Å². The number of H-pyrrole nitrogens is 1. The van der Waals surface area contributed by atoms with Gasteiger partial charge in [-0.05, 0) is 42.6 Å². The van der Waals surface area contributed by atoms with Gasteiger partial charge in [0.15, 0.2) is 0 Å². The van der Waals surface area contributed by atoms with E-state index in [1.165, 1.54) is 0 Å². The fourth-order valence-corrected chi connectivity index (χ4v) is 4.45. The largest absolute Gasteiger partial charge is 0.507 e. The second kappa shape index (κ2) is 8.73. The van der Waals surface area contributed by atoms with Crippen LogP contribution in [0.4, 0.5) is 5.69 Å². The molecule has 8 heteroatoms. The number of fused-ring (bicyclic) bond motifs is 5. The van der Waals surface area contributed by atoms with E-state index in [2.05, 4.69) is 33.8 Å². The number of rotatable bonds is 6. The number of phenolic OH excluding ortho intramolecular Hbond substituents is 1. The Kier molecular flexibility index (Phi) is 5.62. The van der Waals surface area contributed by atoms with E-state index in [4.69, 9.17) is 32.9 Å². The van der Waals surface area contributed by atoms with E-state index >= 15 is 0 Å². The molecule has 166 valence electrons. The molecule has 3 N–H and O–H groups in total. The summed E-state index contributed by atoms with van der Waals surface area (Å²) in [6.07, 6.45) is 1.10. The van der Waals surface area contributed by atoms with Crippen LogP contribution in [0.25, 0.3) is 32.6 Å². The van der Waals surface area contributed by atoms with Crippen molar-refractivity contribution in [2.75, 3.05) is 5.48 Å². The first kappa shape index (κ1) is 21.2. The van der Waals surface area contributed by atoms with Gasteiger partial charge in [0.1, 0.15) is 12.4 Å². The first-order valence-corrected chi connectivity index (χ1v) is 10.9. The number of aryl methyl sites for hydroxylation is 1. The molecule has 0 spiro atoms. The number of aromatic hydroxyl groups is 1. The third kappa shape index (κ3) is 3.99. The highest BCUT2D eigenvalue weighted by Crippen LogP contribution is 2.37. The number of hydrogen-bond donors (Lipinski definition) is 3. The molecule has 0 unspecified atom stereocenters. The number of oxime groups is 1. The molecular weight excluding hydrogens is 461 g/mol. The second-order valence-electron chi connectivity index (χ2n) is 7.59. The maximum atomic E-state index is 10.8. The summed E-state index contributed by atoms with van der Waals surface area (Å²) in [7, 11) is 0. The Labute approximate surface area is 199 Å². The Morgan fingerprint density at radius 2 is 1.91 bits per heavy atom. The third-order valence-electron chi connectivity index (χ3n) is 5.57. The van der Waals surface area contributed by atoms with Crippen LogP contribution in [0.3, 0.4) is 0 Å². The zero-order chi connectivity index (χ0) is 22.9. The predicted molar refractivity (Wildman–Crippen MR) is 134 cm³/mol. The highest BCUT2D eigenvalue weighted by atomic mass is 35.5. The minimum absolute atomic E-state index is 0.0783. The molecule has 0 fully saturated rings. The van der Waals surface area contributed by atoms with Crippen LogP contribution in [0.1, 0.15) is 11.1 Å². The van der Waals surface area contributed by atoms with Crippen molar-refractivity contribution in [1.82, 2.24) is 4.98 Å². The average Bonchev–Trinajstić information content (AvgIpc) is 3.18. The second-order valence-corrected chi connectivity index (χ2v) is 8.44. The van der Waals surface area contributed by atoms with E-state index in [0.717, 1.165) is 44.5 Å². The van der Waals surface area contributed by atoms with Gasteiger partial charge in [-0.3, -0.25) is 0 Å². The lowest BCUT2D eigenvalue weighted by molar-refractivity contribution is 0.123. The van der Waals surface area contributed by atoms with Gasteiger partial charge in [0, 0.05) is 37.8 Å². The lowest BCUT2D eigenvalue weighted by Crippen LogP contribution is -2.00. The summed E-state index contributed by atoms with van der Waals surface area (Å²) in [6, 6.07) is 19.2. The first-order chi connectivity index (χ1) is 16.0. The molecule has 0 aliphatic heterocycles. The molecule has 0 atom stereocenters. The number of para-hydroxylation sites is 1. The van der Waals surface area contributed by atoms with E-state index < -0.39 is 0 Å². The molecule has 5 rings (SSSR count). The van der Waals surface area contributed by atoms with Gasteiger partial charge in [0.25, 0.3) is 0 Å². The molecule has 0 saturated carbocycles. The van der Waals surface area contributed by atoms with Crippen molar-refractivity contribution >= 4 is 67.9 Å². The van der Waals surface area contributed by atoms with Gasteiger partial charge in [-0.15, -0.1) is 0 Å². The van der Waals surface area contributed by atoms with E-state index in [1.54, 1.807) is 18.2 Å². The summed E-state index contributed by atoms with van der Waals surface area (Å²) >= 11 is 11.9. The Bertz CT molecular complexity index is 1530. The Morgan fingerprint density at radius 3 is 2.76 bits per heavy atom. The van der Waals surface area contributed by atoms with Crippen LogP contribution < -0.4 is 5.48 Å². The highest BCUT2D eigenvalue weighted by molar-refractivity contribution is 6.36. The molecular formula is C25H19Cl2N3O3. The topological polar surface area (TPSA) is 78.9 Å². The molecule has 0 saturated heterocycles. The summed E-state index contributed by atoms with van der Waals surface area (Å²) in [4.78, 5) is 13.9. The molecule has 0 radical (unpaired) electrons. The van der Waals surface area contributed by atoms with Crippen LogP contribution in [0, 0.1) is 6.92 Å². The first-order valence-electron chi connectivity index (χ1n) is 10.2. The number of hydrogen-bond acceptors (Lipinski definition) is 5. The lowest BCUT2D eigenvalue weighted by atomic mass is 9.98. The van der Waals surface area contributed by atoms with Crippen molar-refractivity contribution in [1.29, 1.82) is 0 Å². The minimum Gasteiger partial charge on any atom is -0.507 e. The number of nitrogens with one attached hydrogen (secondary N) is 2. The van der Waals surface area contributed by atoms with Crippen LogP contribution in [0.15, 0.2) is 65.8 Å². The summed E-state index contributed by atoms with van der Waals surface area (Å²) in [5.41, 5.74) is 6.66. The number of benzene rings is 4. The monoisotopic (exact) mass is 479 g/mol. The van der Waals surface area contributed by atoms with Gasteiger partial charge < -0.3 is 19.8 Å². The fourth-order valence-electron chi connectivity index (χ4n) is 4.01. The van der Waals surface area contributed by atoms with E-state index in [9.17, 15) is 5.11 Å². The highest BCUT2D eigenvalue weighted by Gasteiger charge is 2.15. The molecule has 5 aromatic rings. The van der Waals surface area contributed by atoms with Crippen molar-refractivity contribution in [3.63, 3.8) is 0 Å². The van der Waals surface area contributed by atoms with Gasteiger partial charge in [-0.2, -0.15) is 0 Å². The quantitative estimate of drug-likeness (QED) is 0.135. The summed E-state index contributed by atoms with van der Waals surface area (Å²) in [6.45, 7) is 1.98. The van der Waals surface area contributed by atoms with Gasteiger partial charge in [-0.1, -0.05) is 58.7 Å². The molecule has 0 aliphatic rings. The van der Waals surface area contributed by atoms with Crippen molar-refractivity contribution in [3.05, 3.63) is 81.8 Å². The van der Waals surface area contributed by atoms with Crippen LogP contribution in [-0.4, -0.2) is 16.5 Å². The molecule has 4 aromatic carbocycles. The Hall–Kier alpha value is -3.61. The van der Waals surface area contributed by atoms with E-state index in [0.29, 0.717) is 21.3 Å². The third-order valence-corrected chi connectivity index (χ3v) is 6.12. The van der Waals surface area contributed by atoms with E-state index in [-0.39, 0.29) is 12.4 Å². The van der Waals surface area contributed by atoms with E-state index in [1.807, 2.05) is 31.2 Å². The fraction of sp³-hybridized carbons (Fsp3) is 0.0800. The molecule has 0 amide bonds. The normalized spacial score (nSPS) is 11.6. The molecule has 0 aliphatic carbocycles. The molecule has 6 nitrogen and oxygen atoms in total. The molecule has 0 bridgehead atoms. The SMILES string of the molecule is Cc1c(O)c(CON=CONc2ccc(Cl)cc2Cl)cc2ccc3c4ccccc4[nH]c3c12. The maximum Gasteiger partial charge on any atom is 0.245 e. The minimum atomic E-state index is 0.0783. The standard InChI is InChI=1S/C25H19Cl2N3O3/c1-14-23-15(6-8-19-18-4-2-3-5-21(18)29-24(19)23)10-16(25(14)31)12-32-28-13-33-30-22-9-7-17(26)11-20(22)27/h2-11,13,29-31H,12H2,1H3. The number of aromatic amines is 1. The average molecular weight is 480 g/mol. The molecule has 1 aromatic heterocycles. The maximum absolute atomic E-state index is 10.8. The number of nitrogens with zero attached hydrogens (tertiary/aromatic N) is 1. The summed E-state index contributed by atoms with van der Waals surface area (Å²) in [5, 5.41) is 19.8. The van der Waals surface area contributed by atoms with Crippen LogP contribution in [0.5, 0.6) is 5.75 Å². The van der Waals surface area contributed by atoms with Crippen molar-refractivity contribution < 1.29 is 14.8 Å². The van der Waals surface area contributed by atoms with Gasteiger partial charge in [0.05, 0.1) is 16.2 Å². The molecule has 33 heavy (non-hydrogen) atoms. The zero-order valence-electron chi connectivity index (χ0n) is 17.5. The number of halogens is 2. The van der Waals surface area contributed by atoms with Crippen LogP contribution in [0.2, 0.25) is 10.0 Å².